The molecule has 0 fully saturated rings. The number of ketones is 1. The fourth-order valence-electron chi connectivity index (χ4n) is 4.19. The summed E-state index contributed by atoms with van der Waals surface area (Å²) in [6.45, 7) is 4.10. The van der Waals surface area contributed by atoms with Crippen LogP contribution in [0.2, 0.25) is 0 Å². The van der Waals surface area contributed by atoms with Gasteiger partial charge in [-0.15, -0.1) is 22.7 Å². The zero-order chi connectivity index (χ0) is 21.6. The predicted molar refractivity (Wildman–Crippen MR) is 114 cm³/mol. The molecule has 2 aliphatic rings. The molecule has 2 aliphatic carbocycles. The zero-order valence-corrected chi connectivity index (χ0v) is 18.5. The van der Waals surface area contributed by atoms with Crippen molar-refractivity contribution in [3.8, 4) is 10.6 Å². The van der Waals surface area contributed by atoms with E-state index >= 15 is 0 Å². The summed E-state index contributed by atoms with van der Waals surface area (Å²) in [5.41, 5.74) is 3.24. The number of carboxylic acids is 1. The number of nitrogens with zero attached hydrogens (tertiary/aromatic N) is 1. The number of carbonyl (C=O) groups excluding carboxylic acids is 1. The largest absolute Gasteiger partial charge is 0.478 e. The number of thiophene rings is 1. The third-order valence-electron chi connectivity index (χ3n) is 5.78. The van der Waals surface area contributed by atoms with E-state index in [1.54, 1.807) is 0 Å². The van der Waals surface area contributed by atoms with Crippen molar-refractivity contribution in [2.45, 2.75) is 70.6 Å². The van der Waals surface area contributed by atoms with Gasteiger partial charge in [0.15, 0.2) is 5.78 Å². The second-order valence-corrected chi connectivity index (χ2v) is 10.3. The maximum absolute atomic E-state index is 14.0. The molecule has 0 aliphatic heterocycles. The average molecular weight is 452 g/mol. The summed E-state index contributed by atoms with van der Waals surface area (Å²) in [7, 11) is 0. The molecule has 2 aromatic rings. The monoisotopic (exact) mass is 451 g/mol. The van der Waals surface area contributed by atoms with Crippen LogP contribution in [0.5, 0.6) is 0 Å². The lowest BCUT2D eigenvalue weighted by atomic mass is 9.91. The summed E-state index contributed by atoms with van der Waals surface area (Å²) in [5.74, 6) is -3.73. The van der Waals surface area contributed by atoms with Crippen molar-refractivity contribution in [3.63, 3.8) is 0 Å². The van der Waals surface area contributed by atoms with E-state index in [2.05, 4.69) is 0 Å². The van der Waals surface area contributed by atoms with Gasteiger partial charge in [-0.2, -0.15) is 0 Å². The molecule has 2 aromatic heterocycles. The Morgan fingerprint density at radius 2 is 1.97 bits per heavy atom. The molecular formula is C22H23F2NO3S2. The van der Waals surface area contributed by atoms with Gasteiger partial charge in [-0.3, -0.25) is 4.79 Å². The molecule has 1 N–H and O–H groups in total. The zero-order valence-electron chi connectivity index (χ0n) is 16.9. The Bertz CT molecular complexity index is 1050. The molecule has 0 radical (unpaired) electrons. The number of carboxylic acid groups (broad SMARTS) is 1. The number of hydrogen-bond acceptors (Lipinski definition) is 5. The number of thiazole rings is 1. The van der Waals surface area contributed by atoms with Crippen molar-refractivity contribution in [1.82, 2.24) is 4.98 Å². The second kappa shape index (κ2) is 7.96. The molecule has 0 amide bonds. The van der Waals surface area contributed by atoms with E-state index in [-0.39, 0.29) is 43.0 Å². The van der Waals surface area contributed by atoms with E-state index in [0.29, 0.717) is 29.7 Å². The summed E-state index contributed by atoms with van der Waals surface area (Å²) in [4.78, 5) is 30.5. The van der Waals surface area contributed by atoms with Gasteiger partial charge in [0, 0.05) is 51.1 Å². The Morgan fingerprint density at radius 3 is 2.63 bits per heavy atom. The maximum Gasteiger partial charge on any atom is 0.331 e. The lowest BCUT2D eigenvalue weighted by Gasteiger charge is -2.22. The molecule has 0 saturated carbocycles. The third-order valence-corrected chi connectivity index (χ3v) is 7.89. The lowest BCUT2D eigenvalue weighted by molar-refractivity contribution is -0.133. The molecule has 30 heavy (non-hydrogen) atoms. The number of Topliss-reactive ketones (excluding diaryl/α,β-unsaturated/α-hetero) is 1. The first-order chi connectivity index (χ1) is 14.2. The average Bonchev–Trinajstić information content (AvgIpc) is 3.38. The summed E-state index contributed by atoms with van der Waals surface area (Å²) in [6, 6.07) is 0. The van der Waals surface area contributed by atoms with Crippen molar-refractivity contribution in [2.24, 2.45) is 0 Å². The fraction of sp³-hybridized carbons (Fsp3) is 0.500. The number of alkyl halides is 2. The first kappa shape index (κ1) is 21.3. The third kappa shape index (κ3) is 3.99. The lowest BCUT2D eigenvalue weighted by Crippen LogP contribution is -2.24. The number of aromatic nitrogens is 1. The molecule has 8 heteroatoms. The van der Waals surface area contributed by atoms with E-state index in [0.717, 1.165) is 26.7 Å². The van der Waals surface area contributed by atoms with Gasteiger partial charge in [0.25, 0.3) is 5.92 Å². The van der Waals surface area contributed by atoms with Crippen LogP contribution in [0, 0.1) is 0 Å². The van der Waals surface area contributed by atoms with Gasteiger partial charge in [-0.05, 0) is 37.2 Å². The highest BCUT2D eigenvalue weighted by molar-refractivity contribution is 7.15. The first-order valence-electron chi connectivity index (χ1n) is 10.1. The van der Waals surface area contributed by atoms with Gasteiger partial charge in [0.05, 0.1) is 5.69 Å². The minimum absolute atomic E-state index is 0.0429. The van der Waals surface area contributed by atoms with E-state index in [1.165, 1.54) is 22.7 Å². The van der Waals surface area contributed by atoms with Gasteiger partial charge in [0.2, 0.25) is 0 Å². The van der Waals surface area contributed by atoms with Crippen LogP contribution in [0.25, 0.3) is 10.6 Å². The van der Waals surface area contributed by atoms with Crippen LogP contribution in [-0.4, -0.2) is 27.8 Å². The van der Waals surface area contributed by atoms with Crippen molar-refractivity contribution in [2.75, 3.05) is 0 Å². The van der Waals surface area contributed by atoms with E-state index in [4.69, 9.17) is 4.98 Å². The number of rotatable bonds is 6. The topological polar surface area (TPSA) is 67.3 Å². The van der Waals surface area contributed by atoms with E-state index in [9.17, 15) is 23.5 Å². The Kier molecular flexibility index (Phi) is 5.66. The fourth-order valence-corrected chi connectivity index (χ4v) is 6.76. The van der Waals surface area contributed by atoms with Crippen molar-refractivity contribution in [1.29, 1.82) is 0 Å². The predicted octanol–water partition coefficient (Wildman–Crippen LogP) is 5.80. The van der Waals surface area contributed by atoms with Gasteiger partial charge in [-0.25, -0.2) is 18.6 Å². The maximum atomic E-state index is 14.0. The Labute approximate surface area is 181 Å². The van der Waals surface area contributed by atoms with Crippen molar-refractivity contribution >= 4 is 34.4 Å². The molecule has 0 bridgehead atoms. The highest BCUT2D eigenvalue weighted by atomic mass is 32.1. The molecule has 0 saturated heterocycles. The number of carbonyl (C=O) groups is 2. The number of fused-ring (bicyclic) bond motifs is 1. The van der Waals surface area contributed by atoms with Crippen LogP contribution in [0.15, 0.2) is 16.5 Å². The highest BCUT2D eigenvalue weighted by Crippen LogP contribution is 2.46. The number of halogens is 2. The smallest absolute Gasteiger partial charge is 0.331 e. The van der Waals surface area contributed by atoms with Crippen molar-refractivity contribution < 1.29 is 23.5 Å². The number of aliphatic carboxylic acids is 1. The van der Waals surface area contributed by atoms with Gasteiger partial charge in [-0.1, -0.05) is 13.8 Å². The van der Waals surface area contributed by atoms with E-state index in [1.807, 2.05) is 19.2 Å². The summed E-state index contributed by atoms with van der Waals surface area (Å²) >= 11 is 2.75. The van der Waals surface area contributed by atoms with Crippen LogP contribution in [0.1, 0.15) is 66.5 Å². The summed E-state index contributed by atoms with van der Waals surface area (Å²) < 4.78 is 28.1. The minimum atomic E-state index is -2.73. The van der Waals surface area contributed by atoms with Crippen molar-refractivity contribution in [3.05, 3.63) is 37.5 Å². The molecule has 0 spiro atoms. The van der Waals surface area contributed by atoms with Gasteiger partial charge in [0.1, 0.15) is 5.01 Å². The molecule has 4 nitrogen and oxygen atoms in total. The molecule has 4 rings (SSSR count). The van der Waals surface area contributed by atoms with E-state index < -0.39 is 11.9 Å². The Hall–Kier alpha value is -1.93. The van der Waals surface area contributed by atoms with Crippen LogP contribution < -0.4 is 0 Å². The molecule has 0 atom stereocenters. The normalized spacial score (nSPS) is 18.2. The first-order valence-corrected chi connectivity index (χ1v) is 11.8. The Morgan fingerprint density at radius 1 is 1.23 bits per heavy atom. The quantitative estimate of drug-likeness (QED) is 0.603. The molecule has 0 unspecified atom stereocenters. The van der Waals surface area contributed by atoms with Crippen LogP contribution in [0.3, 0.4) is 0 Å². The SMILES string of the molecule is CC(C)c1csc(-c2c(CC(=O)C3=C(C(=O)O)CCC3)sc3c2CCC(F)(F)C3)n1. The minimum Gasteiger partial charge on any atom is -0.478 e. The number of hydrogen-bond donors (Lipinski definition) is 1. The van der Waals surface area contributed by atoms with Gasteiger partial charge < -0.3 is 5.11 Å². The standard InChI is InChI=1S/C22H23F2NO3S2/c1-11(2)15-10-29-20(25-15)19-14-6-7-22(23,24)9-18(14)30-17(19)8-16(26)12-4-3-5-13(12)21(27)28/h10-11H,3-9H2,1-2H3,(H,27,28). The van der Waals surface area contributed by atoms with Crippen LogP contribution in [0.4, 0.5) is 8.78 Å². The highest BCUT2D eigenvalue weighted by Gasteiger charge is 2.38. The van der Waals surface area contributed by atoms with Crippen LogP contribution >= 0.6 is 22.7 Å². The number of allylic oxidation sites excluding steroid dienone is 1. The summed E-state index contributed by atoms with van der Waals surface area (Å²) in [5, 5.41) is 12.1. The molecule has 2 heterocycles. The molecule has 0 aromatic carbocycles. The van der Waals surface area contributed by atoms with Gasteiger partial charge >= 0.3 is 5.97 Å². The Balaban J connectivity index is 1.75. The second-order valence-electron chi connectivity index (χ2n) is 8.28. The summed E-state index contributed by atoms with van der Waals surface area (Å²) in [6.07, 6.45) is 1.33. The molecule has 160 valence electrons. The molecular weight excluding hydrogens is 428 g/mol. The van der Waals surface area contributed by atoms with Crippen LogP contribution in [-0.2, 0) is 28.9 Å².